The molecule has 2 amide bonds. The number of carbonyl (C=O) groups excluding carboxylic acids is 2. The molecule has 0 radical (unpaired) electrons. The van der Waals surface area contributed by atoms with Crippen molar-refractivity contribution in [3.05, 3.63) is 77.9 Å². The summed E-state index contributed by atoms with van der Waals surface area (Å²) in [6.07, 6.45) is 4.93. The normalized spacial score (nSPS) is 20.4. The van der Waals surface area contributed by atoms with Crippen LogP contribution in [0.5, 0.6) is 5.75 Å². The van der Waals surface area contributed by atoms with E-state index in [0.717, 1.165) is 28.9 Å². The predicted molar refractivity (Wildman–Crippen MR) is 139 cm³/mol. The van der Waals surface area contributed by atoms with E-state index in [9.17, 15) is 9.59 Å². The smallest absolute Gasteiger partial charge is 0.255 e. The average Bonchev–Trinajstić information content (AvgIpc) is 3.64. The predicted octanol–water partition coefficient (Wildman–Crippen LogP) is 5.41. The standard InChI is InChI=1S/C29H28N4O3/c1-36-23-11-6-19(7-12-23)28(34)30-22-9-4-18(5-10-22)27-31-24-13-8-21(16-26(24)32-27)29(35)33-25-15-17-2-3-20(25)14-17/h4-13,16-17,20,25H,2-3,14-15H2,1H3,(H,30,34)(H,31,32)(H,33,35). The lowest BCUT2D eigenvalue weighted by atomic mass is 9.95. The lowest BCUT2D eigenvalue weighted by Crippen LogP contribution is -2.38. The number of methoxy groups -OCH3 is 1. The number of nitrogens with zero attached hydrogens (tertiary/aromatic N) is 1. The topological polar surface area (TPSA) is 96.1 Å². The quantitative estimate of drug-likeness (QED) is 0.344. The molecular weight excluding hydrogens is 452 g/mol. The second-order valence-electron chi connectivity index (χ2n) is 9.83. The zero-order valence-electron chi connectivity index (χ0n) is 20.1. The molecule has 3 atom stereocenters. The number of hydrogen-bond donors (Lipinski definition) is 3. The van der Waals surface area contributed by atoms with Crippen LogP contribution in [0.2, 0.25) is 0 Å². The second-order valence-corrected chi connectivity index (χ2v) is 9.83. The molecule has 182 valence electrons. The van der Waals surface area contributed by atoms with Crippen LogP contribution in [-0.4, -0.2) is 34.9 Å². The number of amides is 2. The van der Waals surface area contributed by atoms with Crippen molar-refractivity contribution >= 4 is 28.5 Å². The second kappa shape index (κ2) is 9.15. The Kier molecular flexibility index (Phi) is 5.68. The van der Waals surface area contributed by atoms with Crippen LogP contribution in [0.1, 0.15) is 46.4 Å². The molecule has 7 nitrogen and oxygen atoms in total. The number of hydrogen-bond acceptors (Lipinski definition) is 4. The maximum atomic E-state index is 12.9. The molecule has 2 aliphatic carbocycles. The summed E-state index contributed by atoms with van der Waals surface area (Å²) in [4.78, 5) is 33.4. The van der Waals surface area contributed by atoms with Crippen LogP contribution in [0.3, 0.4) is 0 Å². The van der Waals surface area contributed by atoms with Gasteiger partial charge in [-0.3, -0.25) is 9.59 Å². The highest BCUT2D eigenvalue weighted by atomic mass is 16.5. The molecule has 0 saturated heterocycles. The number of fused-ring (bicyclic) bond motifs is 3. The first-order valence-electron chi connectivity index (χ1n) is 12.4. The molecule has 2 bridgehead atoms. The number of aromatic amines is 1. The number of anilines is 1. The van der Waals surface area contributed by atoms with Crippen molar-refractivity contribution < 1.29 is 14.3 Å². The van der Waals surface area contributed by atoms with E-state index in [1.807, 2.05) is 42.5 Å². The number of imidazole rings is 1. The minimum absolute atomic E-state index is 0.0176. The van der Waals surface area contributed by atoms with Crippen molar-refractivity contribution in [3.8, 4) is 17.1 Å². The number of carbonyl (C=O) groups is 2. The molecular formula is C29H28N4O3. The molecule has 2 saturated carbocycles. The molecule has 3 N–H and O–H groups in total. The van der Waals surface area contributed by atoms with Crippen LogP contribution >= 0.6 is 0 Å². The van der Waals surface area contributed by atoms with E-state index in [0.29, 0.717) is 40.3 Å². The van der Waals surface area contributed by atoms with Crippen LogP contribution in [0, 0.1) is 11.8 Å². The molecule has 3 unspecified atom stereocenters. The van der Waals surface area contributed by atoms with Gasteiger partial charge in [-0.25, -0.2) is 4.98 Å². The van der Waals surface area contributed by atoms with Gasteiger partial charge in [0.25, 0.3) is 11.8 Å². The van der Waals surface area contributed by atoms with Gasteiger partial charge in [0, 0.05) is 28.4 Å². The third-order valence-corrected chi connectivity index (χ3v) is 7.57. The first-order valence-corrected chi connectivity index (χ1v) is 12.4. The Morgan fingerprint density at radius 3 is 2.39 bits per heavy atom. The summed E-state index contributed by atoms with van der Waals surface area (Å²) in [5.74, 6) is 2.64. The largest absolute Gasteiger partial charge is 0.497 e. The molecule has 2 fully saturated rings. The molecule has 3 aromatic carbocycles. The Balaban J connectivity index is 1.14. The first-order chi connectivity index (χ1) is 17.6. The summed E-state index contributed by atoms with van der Waals surface area (Å²) in [7, 11) is 1.59. The third-order valence-electron chi connectivity index (χ3n) is 7.57. The first kappa shape index (κ1) is 22.3. The van der Waals surface area contributed by atoms with Gasteiger partial charge in [-0.2, -0.15) is 0 Å². The molecule has 7 heteroatoms. The van der Waals surface area contributed by atoms with Crippen LogP contribution in [0.15, 0.2) is 66.7 Å². The summed E-state index contributed by atoms with van der Waals surface area (Å²) < 4.78 is 5.14. The highest BCUT2D eigenvalue weighted by molar-refractivity contribution is 6.04. The minimum Gasteiger partial charge on any atom is -0.497 e. The SMILES string of the molecule is COc1ccc(C(=O)Nc2ccc(-c3nc4cc(C(=O)NC5CC6CCC5C6)ccc4[nH]3)cc2)cc1. The Labute approximate surface area is 209 Å². The van der Waals surface area contributed by atoms with Gasteiger partial charge in [-0.05, 0) is 97.8 Å². The van der Waals surface area contributed by atoms with Crippen molar-refractivity contribution in [3.63, 3.8) is 0 Å². The number of nitrogens with one attached hydrogen (secondary N) is 3. The Hall–Kier alpha value is -4.13. The number of benzene rings is 3. The van der Waals surface area contributed by atoms with E-state index in [1.165, 1.54) is 19.3 Å². The van der Waals surface area contributed by atoms with Crippen molar-refractivity contribution in [2.75, 3.05) is 12.4 Å². The van der Waals surface area contributed by atoms with E-state index >= 15 is 0 Å². The molecule has 36 heavy (non-hydrogen) atoms. The van der Waals surface area contributed by atoms with Crippen LogP contribution < -0.4 is 15.4 Å². The van der Waals surface area contributed by atoms with Gasteiger partial charge in [0.2, 0.25) is 0 Å². The van der Waals surface area contributed by atoms with Gasteiger partial charge >= 0.3 is 0 Å². The summed E-state index contributed by atoms with van der Waals surface area (Å²) >= 11 is 0. The highest BCUT2D eigenvalue weighted by Gasteiger charge is 2.40. The molecule has 4 aromatic rings. The number of ether oxygens (including phenoxy) is 1. The van der Waals surface area contributed by atoms with E-state index in [1.54, 1.807) is 31.4 Å². The zero-order chi connectivity index (χ0) is 24.6. The van der Waals surface area contributed by atoms with Gasteiger partial charge in [-0.1, -0.05) is 6.42 Å². The van der Waals surface area contributed by atoms with Crippen molar-refractivity contribution in [1.82, 2.24) is 15.3 Å². The fourth-order valence-electron chi connectivity index (χ4n) is 5.61. The highest BCUT2D eigenvalue weighted by Crippen LogP contribution is 2.44. The summed E-state index contributed by atoms with van der Waals surface area (Å²) in [6.45, 7) is 0. The third kappa shape index (κ3) is 4.33. The van der Waals surface area contributed by atoms with E-state index in [-0.39, 0.29) is 11.8 Å². The fourth-order valence-corrected chi connectivity index (χ4v) is 5.61. The number of rotatable bonds is 6. The zero-order valence-corrected chi connectivity index (χ0v) is 20.1. The Morgan fingerprint density at radius 2 is 1.69 bits per heavy atom. The number of aromatic nitrogens is 2. The molecule has 1 aromatic heterocycles. The maximum absolute atomic E-state index is 12.9. The maximum Gasteiger partial charge on any atom is 0.255 e. The molecule has 2 aliphatic rings. The van der Waals surface area contributed by atoms with Crippen molar-refractivity contribution in [1.29, 1.82) is 0 Å². The van der Waals surface area contributed by atoms with Gasteiger partial charge in [-0.15, -0.1) is 0 Å². The van der Waals surface area contributed by atoms with Gasteiger partial charge in [0.15, 0.2) is 0 Å². The monoisotopic (exact) mass is 480 g/mol. The van der Waals surface area contributed by atoms with Gasteiger partial charge in [0.1, 0.15) is 11.6 Å². The van der Waals surface area contributed by atoms with Crippen LogP contribution in [-0.2, 0) is 0 Å². The summed E-state index contributed by atoms with van der Waals surface area (Å²) in [5.41, 5.74) is 4.40. The fraction of sp³-hybridized carbons (Fsp3) is 0.276. The molecule has 0 aliphatic heterocycles. The average molecular weight is 481 g/mol. The van der Waals surface area contributed by atoms with Gasteiger partial charge in [0.05, 0.1) is 18.1 Å². The minimum atomic E-state index is -0.189. The van der Waals surface area contributed by atoms with E-state index < -0.39 is 0 Å². The number of H-pyrrole nitrogens is 1. The Morgan fingerprint density at radius 1 is 0.917 bits per heavy atom. The van der Waals surface area contributed by atoms with Crippen LogP contribution in [0.25, 0.3) is 22.4 Å². The van der Waals surface area contributed by atoms with E-state index in [4.69, 9.17) is 9.72 Å². The van der Waals surface area contributed by atoms with Gasteiger partial charge < -0.3 is 20.4 Å². The lowest BCUT2D eigenvalue weighted by molar-refractivity contribution is 0.0922. The molecule has 0 spiro atoms. The van der Waals surface area contributed by atoms with E-state index in [2.05, 4.69) is 15.6 Å². The molecule has 6 rings (SSSR count). The van der Waals surface area contributed by atoms with Crippen molar-refractivity contribution in [2.45, 2.75) is 31.7 Å². The molecule has 1 heterocycles. The summed E-state index contributed by atoms with van der Waals surface area (Å²) in [6, 6.07) is 20.4. The Bertz CT molecular complexity index is 1430. The lowest BCUT2D eigenvalue weighted by Gasteiger charge is -2.22. The summed E-state index contributed by atoms with van der Waals surface area (Å²) in [5, 5.41) is 6.16. The van der Waals surface area contributed by atoms with Crippen LogP contribution in [0.4, 0.5) is 5.69 Å². The van der Waals surface area contributed by atoms with Crippen molar-refractivity contribution in [2.24, 2.45) is 11.8 Å².